The van der Waals surface area contributed by atoms with Gasteiger partial charge in [-0.25, -0.2) is 0 Å². The van der Waals surface area contributed by atoms with E-state index in [-0.39, 0.29) is 72.3 Å². The standard InChI is InChI=1S/C26H42BN5O7S2.C2H6/c1-18(2)41-19-13-25(38)32(26(19)39)11-7-3-6-10-21(34)28-14-22(35)29-15-23(36)30-16-24(37)31-17-40-12-8-4-5-9-20(27)33;1-2/h18-19H,3-17H2,1-2H3,(H,28,34)(H,29,35)(H,30,36)(H,31,37);1-2H3. The second-order valence-electron chi connectivity index (χ2n) is 9.83. The summed E-state index contributed by atoms with van der Waals surface area (Å²) in [5.41, 5.74) is -0.305. The zero-order valence-electron chi connectivity index (χ0n) is 26.0. The fourth-order valence-corrected chi connectivity index (χ4v) is 5.71. The van der Waals surface area contributed by atoms with Gasteiger partial charge in [-0.1, -0.05) is 40.5 Å². The van der Waals surface area contributed by atoms with Gasteiger partial charge in [-0.15, -0.1) is 23.5 Å². The molecule has 0 aromatic heterocycles. The molecule has 43 heavy (non-hydrogen) atoms. The Morgan fingerprint density at radius 1 is 0.791 bits per heavy atom. The molecule has 0 bridgehead atoms. The molecule has 1 aliphatic heterocycles. The number of thioether (sulfide) groups is 2. The lowest BCUT2D eigenvalue weighted by atomic mass is 9.97. The number of nitrogens with zero attached hydrogens (tertiary/aromatic N) is 1. The minimum absolute atomic E-state index is 0.133. The molecule has 242 valence electrons. The molecule has 0 aromatic carbocycles. The van der Waals surface area contributed by atoms with Crippen LogP contribution in [-0.2, 0) is 33.6 Å². The van der Waals surface area contributed by atoms with E-state index in [1.807, 2.05) is 27.7 Å². The number of carbonyl (C=O) groups is 7. The van der Waals surface area contributed by atoms with Gasteiger partial charge in [0.25, 0.3) is 0 Å². The van der Waals surface area contributed by atoms with Crippen LogP contribution in [0.3, 0.4) is 0 Å². The Morgan fingerprint density at radius 2 is 1.33 bits per heavy atom. The van der Waals surface area contributed by atoms with Crippen molar-refractivity contribution in [1.29, 1.82) is 0 Å². The Bertz CT molecular complexity index is 924. The van der Waals surface area contributed by atoms with Gasteiger partial charge in [-0.05, 0) is 43.1 Å². The van der Waals surface area contributed by atoms with E-state index in [9.17, 15) is 33.6 Å². The summed E-state index contributed by atoms with van der Waals surface area (Å²) in [7, 11) is 5.08. The van der Waals surface area contributed by atoms with Crippen molar-refractivity contribution in [3.05, 3.63) is 0 Å². The van der Waals surface area contributed by atoms with Crippen molar-refractivity contribution in [3.63, 3.8) is 0 Å². The number of nitrogens with one attached hydrogen (secondary N) is 4. The van der Waals surface area contributed by atoms with E-state index in [1.165, 1.54) is 28.4 Å². The summed E-state index contributed by atoms with van der Waals surface area (Å²) < 4.78 is 0. The first kappa shape index (κ1) is 40.5. The van der Waals surface area contributed by atoms with Crippen LogP contribution in [0.4, 0.5) is 0 Å². The number of hydrogen-bond acceptors (Lipinski definition) is 9. The number of likely N-dealkylation sites (tertiary alicyclic amines) is 1. The molecule has 6 amide bonds. The third kappa shape index (κ3) is 20.9. The largest absolute Gasteiger partial charge is 0.347 e. The fourth-order valence-electron chi connectivity index (χ4n) is 3.75. The Balaban J connectivity index is 0.00000862. The lowest BCUT2D eigenvalue weighted by molar-refractivity contribution is -0.138. The van der Waals surface area contributed by atoms with Crippen LogP contribution in [0.25, 0.3) is 0 Å². The van der Waals surface area contributed by atoms with Gasteiger partial charge in [0.15, 0.2) is 7.85 Å². The van der Waals surface area contributed by atoms with E-state index < -0.39 is 11.8 Å². The summed E-state index contributed by atoms with van der Waals surface area (Å²) in [6.07, 6.45) is 5.19. The zero-order chi connectivity index (χ0) is 32.6. The molecule has 0 saturated carbocycles. The second-order valence-corrected chi connectivity index (χ2v) is 12.7. The highest BCUT2D eigenvalue weighted by molar-refractivity contribution is 8.01. The molecule has 1 aliphatic rings. The highest BCUT2D eigenvalue weighted by Gasteiger charge is 2.38. The van der Waals surface area contributed by atoms with Gasteiger partial charge >= 0.3 is 0 Å². The molecule has 4 N–H and O–H groups in total. The number of unbranched alkanes of at least 4 members (excludes halogenated alkanes) is 4. The molecule has 0 aromatic rings. The number of hydrogen-bond donors (Lipinski definition) is 4. The predicted octanol–water partition coefficient (Wildman–Crippen LogP) is 1.25. The van der Waals surface area contributed by atoms with Gasteiger partial charge in [0.2, 0.25) is 35.4 Å². The third-order valence-electron chi connectivity index (χ3n) is 5.85. The summed E-state index contributed by atoms with van der Waals surface area (Å²) in [6.45, 7) is 7.50. The minimum atomic E-state index is -0.537. The normalized spacial score (nSPS) is 14.2. The minimum Gasteiger partial charge on any atom is -0.347 e. The van der Waals surface area contributed by atoms with Crippen LogP contribution in [-0.4, -0.2) is 102 Å². The maximum atomic E-state index is 12.4. The van der Waals surface area contributed by atoms with Crippen LogP contribution >= 0.6 is 23.5 Å². The van der Waals surface area contributed by atoms with E-state index >= 15 is 0 Å². The van der Waals surface area contributed by atoms with Crippen molar-refractivity contribution >= 4 is 72.5 Å². The molecular formula is C28H48BN5O7S2. The predicted molar refractivity (Wildman–Crippen MR) is 171 cm³/mol. The van der Waals surface area contributed by atoms with Crippen LogP contribution in [0.15, 0.2) is 0 Å². The summed E-state index contributed by atoms with van der Waals surface area (Å²) >= 11 is 3.03. The van der Waals surface area contributed by atoms with E-state index in [2.05, 4.69) is 21.3 Å². The molecule has 2 radical (unpaired) electrons. The fraction of sp³-hybridized carbons (Fsp3) is 0.750. The Labute approximate surface area is 265 Å². The molecule has 1 atom stereocenters. The highest BCUT2D eigenvalue weighted by Crippen LogP contribution is 2.28. The lowest BCUT2D eigenvalue weighted by Crippen LogP contribution is -2.44. The maximum absolute atomic E-state index is 12.4. The van der Waals surface area contributed by atoms with E-state index in [0.29, 0.717) is 38.1 Å². The van der Waals surface area contributed by atoms with Crippen LogP contribution in [0.5, 0.6) is 0 Å². The lowest BCUT2D eigenvalue weighted by Gasteiger charge is -2.15. The zero-order valence-corrected chi connectivity index (χ0v) is 27.6. The molecule has 1 rings (SSSR count). The monoisotopic (exact) mass is 641 g/mol. The van der Waals surface area contributed by atoms with Crippen molar-refractivity contribution in [1.82, 2.24) is 26.2 Å². The molecule has 1 heterocycles. The maximum Gasteiger partial charge on any atom is 0.242 e. The molecule has 12 nitrogen and oxygen atoms in total. The summed E-state index contributed by atoms with van der Waals surface area (Å²) in [6, 6.07) is 0. The molecular weight excluding hydrogens is 593 g/mol. The van der Waals surface area contributed by atoms with E-state index in [1.54, 1.807) is 0 Å². The van der Waals surface area contributed by atoms with Crippen LogP contribution in [0, 0.1) is 0 Å². The SMILES string of the molecule is CC.[B]C(=O)CCCCCSCNC(=O)CNC(=O)CNC(=O)CNC(=O)CCCCCN1C(=O)CC(SC(C)C)C1=O. The highest BCUT2D eigenvalue weighted by atomic mass is 32.2. The van der Waals surface area contributed by atoms with Gasteiger partial charge in [0.1, 0.15) is 0 Å². The third-order valence-corrected chi connectivity index (χ3v) is 8.01. The number of imide groups is 1. The van der Waals surface area contributed by atoms with Crippen molar-refractivity contribution < 1.29 is 33.6 Å². The first-order valence-corrected chi connectivity index (χ1v) is 17.0. The van der Waals surface area contributed by atoms with Gasteiger partial charge in [0, 0.05) is 19.4 Å². The molecule has 0 aliphatic carbocycles. The molecule has 1 unspecified atom stereocenters. The van der Waals surface area contributed by atoms with Crippen LogP contribution < -0.4 is 21.3 Å². The summed E-state index contributed by atoms with van der Waals surface area (Å²) in [5.74, 6) is -0.794. The topological polar surface area (TPSA) is 171 Å². The molecule has 1 saturated heterocycles. The quantitative estimate of drug-likeness (QED) is 0.0588. The molecule has 15 heteroatoms. The molecule has 0 spiro atoms. The average Bonchev–Trinajstić information content (AvgIpc) is 3.22. The van der Waals surface area contributed by atoms with Gasteiger partial charge in [0.05, 0.1) is 36.4 Å². The second kappa shape index (κ2) is 24.9. The smallest absolute Gasteiger partial charge is 0.242 e. The number of rotatable bonds is 22. The van der Waals surface area contributed by atoms with Crippen LogP contribution in [0.2, 0.25) is 0 Å². The number of amides is 6. The van der Waals surface area contributed by atoms with Crippen molar-refractivity contribution in [2.24, 2.45) is 0 Å². The first-order valence-electron chi connectivity index (χ1n) is 14.9. The Morgan fingerprint density at radius 3 is 1.91 bits per heavy atom. The molecule has 1 fully saturated rings. The van der Waals surface area contributed by atoms with Crippen molar-refractivity contribution in [2.75, 3.05) is 37.8 Å². The Kier molecular flexibility index (Phi) is 23.4. The number of carbonyl (C=O) groups excluding carboxylic acids is 7. The van der Waals surface area contributed by atoms with E-state index in [4.69, 9.17) is 7.85 Å². The van der Waals surface area contributed by atoms with Crippen molar-refractivity contribution in [3.8, 4) is 0 Å². The summed E-state index contributed by atoms with van der Waals surface area (Å²) in [4.78, 5) is 83.9. The van der Waals surface area contributed by atoms with Gasteiger partial charge < -0.3 is 26.1 Å². The van der Waals surface area contributed by atoms with Crippen molar-refractivity contribution in [2.45, 2.75) is 96.0 Å². The average molecular weight is 642 g/mol. The van der Waals surface area contributed by atoms with Gasteiger partial charge in [-0.3, -0.25) is 33.7 Å². The van der Waals surface area contributed by atoms with Crippen LogP contribution in [0.1, 0.15) is 85.5 Å². The summed E-state index contributed by atoms with van der Waals surface area (Å²) in [5, 5.41) is 9.89. The Hall–Kier alpha value is -2.55. The van der Waals surface area contributed by atoms with E-state index in [0.717, 1.165) is 25.0 Å². The van der Waals surface area contributed by atoms with Gasteiger partial charge in [-0.2, -0.15) is 0 Å². The first-order chi connectivity index (χ1) is 20.5.